The Morgan fingerprint density at radius 1 is 1.18 bits per heavy atom. The molecule has 1 saturated heterocycles. The van der Waals surface area contributed by atoms with E-state index in [9.17, 15) is 4.79 Å². The summed E-state index contributed by atoms with van der Waals surface area (Å²) in [5, 5.41) is 7.11. The average Bonchev–Trinajstić information content (AvgIpc) is 3.46. The van der Waals surface area contributed by atoms with Gasteiger partial charge in [0.15, 0.2) is 5.01 Å². The molecule has 2 N–H and O–H groups in total. The third-order valence-corrected chi connectivity index (χ3v) is 6.48. The van der Waals surface area contributed by atoms with E-state index in [4.69, 9.17) is 4.74 Å². The Bertz CT molecular complexity index is 971. The largest absolute Gasteiger partial charge is 0.457 e. The number of hydrogen-bond acceptors (Lipinski definition) is 6. The van der Waals surface area contributed by atoms with Crippen LogP contribution in [0, 0.1) is 5.92 Å². The number of benzene rings is 1. The van der Waals surface area contributed by atoms with Gasteiger partial charge in [-0.15, -0.1) is 11.3 Å². The quantitative estimate of drug-likeness (QED) is 0.695. The van der Waals surface area contributed by atoms with Crippen LogP contribution in [0.1, 0.15) is 22.6 Å². The first kappa shape index (κ1) is 17.3. The SMILES string of the molecule is O=C(N[C@@H]1C2CCC1NC2)c1ncc(-c2cnccc2Oc2ccccc2)s1. The average molecular weight is 392 g/mol. The number of rotatable bonds is 5. The van der Waals surface area contributed by atoms with E-state index in [0.717, 1.165) is 29.2 Å². The van der Waals surface area contributed by atoms with Crippen molar-refractivity contribution in [2.45, 2.75) is 24.9 Å². The van der Waals surface area contributed by atoms with E-state index in [1.807, 2.05) is 36.4 Å². The zero-order valence-electron chi connectivity index (χ0n) is 15.2. The second kappa shape index (κ2) is 7.33. The number of pyridine rings is 1. The molecule has 28 heavy (non-hydrogen) atoms. The van der Waals surface area contributed by atoms with Crippen LogP contribution in [-0.2, 0) is 0 Å². The molecule has 0 radical (unpaired) electrons. The van der Waals surface area contributed by atoms with Gasteiger partial charge in [0.05, 0.1) is 10.4 Å². The summed E-state index contributed by atoms with van der Waals surface area (Å²) in [6, 6.07) is 12.0. The van der Waals surface area contributed by atoms with Crippen molar-refractivity contribution in [3.63, 3.8) is 0 Å². The number of amides is 1. The predicted octanol–water partition coefficient (Wildman–Crippen LogP) is 3.48. The number of carbonyl (C=O) groups excluding carboxylic acids is 1. The lowest BCUT2D eigenvalue weighted by molar-refractivity contribution is 0.0931. The van der Waals surface area contributed by atoms with Gasteiger partial charge in [0.1, 0.15) is 11.5 Å². The van der Waals surface area contributed by atoms with E-state index in [0.29, 0.717) is 22.7 Å². The standard InChI is InChI=1S/C21H20N4O2S/c26-20(25-19-13-6-7-16(19)23-10-13)21-24-12-18(28-21)15-11-22-9-8-17(15)27-14-4-2-1-3-5-14/h1-5,8-9,11-13,16,19,23H,6-7,10H2,(H,25,26)/t13?,16?,19-/m1/s1. The maximum absolute atomic E-state index is 12.7. The van der Waals surface area contributed by atoms with Crippen molar-refractivity contribution in [3.05, 3.63) is 60.0 Å². The van der Waals surface area contributed by atoms with Crippen molar-refractivity contribution in [1.29, 1.82) is 0 Å². The van der Waals surface area contributed by atoms with E-state index in [2.05, 4.69) is 20.6 Å². The maximum Gasteiger partial charge on any atom is 0.280 e. The van der Waals surface area contributed by atoms with Crippen molar-refractivity contribution < 1.29 is 9.53 Å². The smallest absolute Gasteiger partial charge is 0.280 e. The number of ether oxygens (including phenoxy) is 1. The van der Waals surface area contributed by atoms with Gasteiger partial charge in [-0.1, -0.05) is 18.2 Å². The van der Waals surface area contributed by atoms with Gasteiger partial charge in [0.25, 0.3) is 5.91 Å². The van der Waals surface area contributed by atoms with E-state index in [1.54, 1.807) is 18.6 Å². The van der Waals surface area contributed by atoms with Gasteiger partial charge in [-0.25, -0.2) is 4.98 Å². The van der Waals surface area contributed by atoms with Gasteiger partial charge >= 0.3 is 0 Å². The number of hydrogen-bond donors (Lipinski definition) is 2. The number of carbonyl (C=O) groups is 1. The normalized spacial score (nSPS) is 22.9. The van der Waals surface area contributed by atoms with Gasteiger partial charge < -0.3 is 15.4 Å². The zero-order chi connectivity index (χ0) is 18.9. The molecule has 3 heterocycles. The molecule has 5 rings (SSSR count). The molecule has 2 aliphatic rings. The first-order chi connectivity index (χ1) is 13.8. The highest BCUT2D eigenvalue weighted by Crippen LogP contribution is 2.36. The summed E-state index contributed by atoms with van der Waals surface area (Å²) < 4.78 is 6.01. The van der Waals surface area contributed by atoms with Crippen molar-refractivity contribution >= 4 is 17.2 Å². The molecule has 1 saturated carbocycles. The van der Waals surface area contributed by atoms with Crippen molar-refractivity contribution in [2.75, 3.05) is 6.54 Å². The molecule has 2 fully saturated rings. The predicted molar refractivity (Wildman–Crippen MR) is 108 cm³/mol. The van der Waals surface area contributed by atoms with E-state index >= 15 is 0 Å². The van der Waals surface area contributed by atoms with Crippen molar-refractivity contribution in [2.24, 2.45) is 5.92 Å². The molecular formula is C21H20N4O2S. The Morgan fingerprint density at radius 3 is 2.82 bits per heavy atom. The fourth-order valence-corrected chi connectivity index (χ4v) is 4.88. The summed E-state index contributed by atoms with van der Waals surface area (Å²) >= 11 is 1.36. The lowest BCUT2D eigenvalue weighted by atomic mass is 10.1. The number of fused-ring (bicyclic) bond motifs is 2. The van der Waals surface area contributed by atoms with Crippen LogP contribution in [-0.4, -0.2) is 34.5 Å². The first-order valence-corrected chi connectivity index (χ1v) is 10.3. The molecule has 1 amide bonds. The molecule has 1 aliphatic carbocycles. The van der Waals surface area contributed by atoms with Crippen LogP contribution in [0.5, 0.6) is 11.5 Å². The van der Waals surface area contributed by atoms with Crippen LogP contribution in [0.4, 0.5) is 0 Å². The van der Waals surface area contributed by atoms with Crippen LogP contribution >= 0.6 is 11.3 Å². The molecule has 2 bridgehead atoms. The highest BCUT2D eigenvalue weighted by Gasteiger charge is 2.42. The van der Waals surface area contributed by atoms with Crippen LogP contribution in [0.25, 0.3) is 10.4 Å². The fraction of sp³-hybridized carbons (Fsp3) is 0.286. The molecule has 1 aromatic carbocycles. The molecule has 6 nitrogen and oxygen atoms in total. The Kier molecular flexibility index (Phi) is 4.54. The lowest BCUT2D eigenvalue weighted by Crippen LogP contribution is -2.42. The second-order valence-electron chi connectivity index (χ2n) is 7.17. The van der Waals surface area contributed by atoms with Crippen LogP contribution in [0.3, 0.4) is 0 Å². The molecule has 3 aromatic rings. The lowest BCUT2D eigenvalue weighted by Gasteiger charge is -2.15. The summed E-state index contributed by atoms with van der Waals surface area (Å²) in [6.45, 7) is 0.995. The molecule has 3 atom stereocenters. The third kappa shape index (κ3) is 3.27. The van der Waals surface area contributed by atoms with Gasteiger partial charge in [0, 0.05) is 37.2 Å². The summed E-state index contributed by atoms with van der Waals surface area (Å²) in [6.07, 6.45) is 7.47. The highest BCUT2D eigenvalue weighted by atomic mass is 32.1. The Balaban J connectivity index is 1.35. The molecule has 2 unspecified atom stereocenters. The minimum atomic E-state index is -0.101. The number of aromatic nitrogens is 2. The molecular weight excluding hydrogens is 372 g/mol. The molecule has 7 heteroatoms. The maximum atomic E-state index is 12.7. The van der Waals surface area contributed by atoms with Gasteiger partial charge in [-0.3, -0.25) is 9.78 Å². The minimum Gasteiger partial charge on any atom is -0.457 e. The first-order valence-electron chi connectivity index (χ1n) is 9.45. The second-order valence-corrected chi connectivity index (χ2v) is 8.20. The Labute approximate surface area is 167 Å². The van der Waals surface area contributed by atoms with Gasteiger partial charge in [-0.2, -0.15) is 0 Å². The number of nitrogens with one attached hydrogen (secondary N) is 2. The van der Waals surface area contributed by atoms with Crippen LogP contribution in [0.15, 0.2) is 55.0 Å². The number of nitrogens with zero attached hydrogens (tertiary/aromatic N) is 2. The third-order valence-electron chi connectivity index (χ3n) is 5.45. The summed E-state index contributed by atoms with van der Waals surface area (Å²) in [7, 11) is 0. The van der Waals surface area contributed by atoms with Crippen LogP contribution in [0.2, 0.25) is 0 Å². The van der Waals surface area contributed by atoms with Crippen molar-refractivity contribution in [1.82, 2.24) is 20.6 Å². The Hall–Kier alpha value is -2.77. The van der Waals surface area contributed by atoms with E-state index < -0.39 is 0 Å². The summed E-state index contributed by atoms with van der Waals surface area (Å²) in [4.78, 5) is 22.1. The molecule has 2 aromatic heterocycles. The summed E-state index contributed by atoms with van der Waals surface area (Å²) in [5.74, 6) is 1.88. The molecule has 0 spiro atoms. The number of thiazole rings is 1. The number of para-hydroxylation sites is 1. The number of piperidine rings is 1. The van der Waals surface area contributed by atoms with Crippen LogP contribution < -0.4 is 15.4 Å². The summed E-state index contributed by atoms with van der Waals surface area (Å²) in [5.41, 5.74) is 0.825. The Morgan fingerprint density at radius 2 is 2.07 bits per heavy atom. The molecule has 1 aliphatic heterocycles. The highest BCUT2D eigenvalue weighted by molar-refractivity contribution is 7.17. The topological polar surface area (TPSA) is 76.1 Å². The van der Waals surface area contributed by atoms with Gasteiger partial charge in [-0.05, 0) is 37.0 Å². The van der Waals surface area contributed by atoms with Gasteiger partial charge in [0.2, 0.25) is 0 Å². The fourth-order valence-electron chi connectivity index (χ4n) is 4.05. The monoisotopic (exact) mass is 392 g/mol. The van der Waals surface area contributed by atoms with Crippen molar-refractivity contribution in [3.8, 4) is 21.9 Å². The van der Waals surface area contributed by atoms with E-state index in [1.165, 1.54) is 17.8 Å². The minimum absolute atomic E-state index is 0.101. The zero-order valence-corrected chi connectivity index (χ0v) is 16.0. The molecule has 142 valence electrons. The van der Waals surface area contributed by atoms with E-state index in [-0.39, 0.29) is 11.9 Å².